The van der Waals surface area contributed by atoms with Crippen molar-refractivity contribution >= 4 is 74.1 Å². The van der Waals surface area contributed by atoms with Crippen molar-refractivity contribution in [2.75, 3.05) is 3.86 Å². The molecule has 0 spiro atoms. The molecule has 0 saturated heterocycles. The summed E-state index contributed by atoms with van der Waals surface area (Å²) in [6.07, 6.45) is 2.22. The zero-order valence-electron chi connectivity index (χ0n) is 29.7. The minimum Gasteiger partial charge on any atom is -1.00 e. The number of hydrogen-bond acceptors (Lipinski definition) is 2. The number of hydrogen-bond donors (Lipinski definition) is 0. The first-order valence-electron chi connectivity index (χ1n) is 15.5. The topological polar surface area (TPSA) is 15.6 Å². The molecule has 2 nitrogen and oxygen atoms in total. The maximum Gasteiger partial charge on any atom is 0.0646 e. The Morgan fingerprint density at radius 1 is 0.690 bits per heavy atom. The van der Waals surface area contributed by atoms with Gasteiger partial charge in [0.05, 0.1) is 15.5 Å². The molecule has 0 saturated carbocycles. The molecule has 0 amide bonds. The molecule has 42 heavy (non-hydrogen) atoms. The van der Waals surface area contributed by atoms with Crippen molar-refractivity contribution in [3.8, 4) is 0 Å². The first-order valence-corrected chi connectivity index (χ1v) is 26.4. The average Bonchev–Trinajstić information content (AvgIpc) is 2.80. The number of aliphatic imine (C=N–C) groups is 1. The molecule has 7 heteroatoms. The van der Waals surface area contributed by atoms with Crippen LogP contribution in [0.1, 0.15) is 115 Å². The van der Waals surface area contributed by atoms with E-state index >= 15 is 0 Å². The molecular formula is C35H60GeN2PSeSi2-. The van der Waals surface area contributed by atoms with Crippen LogP contribution >= 0.6 is 7.68 Å². The van der Waals surface area contributed by atoms with E-state index < -0.39 is 15.5 Å². The summed E-state index contributed by atoms with van der Waals surface area (Å²) in [5, 5.41) is 0. The van der Waals surface area contributed by atoms with E-state index in [1.807, 2.05) is 0 Å². The molecule has 0 atom stereocenters. The van der Waals surface area contributed by atoms with Crippen molar-refractivity contribution in [3.05, 3.63) is 70.4 Å². The van der Waals surface area contributed by atoms with Gasteiger partial charge < -0.3 is 17.1 Å². The van der Waals surface area contributed by atoms with E-state index in [0.717, 1.165) is 11.4 Å². The summed E-state index contributed by atoms with van der Waals surface area (Å²) in [6, 6.07) is 13.3. The Kier molecular flexibility index (Phi) is 17.7. The van der Waals surface area contributed by atoms with Gasteiger partial charge in [-0.25, -0.2) is 0 Å². The molecule has 0 unspecified atom stereocenters. The second-order valence-corrected chi connectivity index (χ2v) is 36.9. The monoisotopic (exact) mass is 749 g/mol. The number of allylic oxidation sites excluding steroid dienone is 2. The van der Waals surface area contributed by atoms with Gasteiger partial charge in [0.2, 0.25) is 0 Å². The zero-order chi connectivity index (χ0) is 31.9. The van der Waals surface area contributed by atoms with Gasteiger partial charge in [-0.05, 0) is 0 Å². The van der Waals surface area contributed by atoms with Gasteiger partial charge in [-0.1, -0.05) is 39.3 Å². The summed E-state index contributed by atoms with van der Waals surface area (Å²) >= 11 is 2.19. The van der Waals surface area contributed by atoms with Crippen LogP contribution in [0.5, 0.6) is 0 Å². The van der Waals surface area contributed by atoms with Gasteiger partial charge in [-0.15, -0.1) is 7.68 Å². The first kappa shape index (κ1) is 41.6. The predicted molar refractivity (Wildman–Crippen MR) is 205 cm³/mol. The van der Waals surface area contributed by atoms with Crippen LogP contribution < -0.4 is 3.86 Å². The van der Waals surface area contributed by atoms with Gasteiger partial charge in [0, 0.05) is 0 Å². The fourth-order valence-corrected chi connectivity index (χ4v) is 35.2. The molecule has 0 fully saturated rings. The fourth-order valence-electron chi connectivity index (χ4n) is 5.29. The van der Waals surface area contributed by atoms with E-state index in [9.17, 15) is 0 Å². The van der Waals surface area contributed by atoms with E-state index in [1.165, 1.54) is 41.3 Å². The molecular weight excluding hydrogens is 687 g/mol. The van der Waals surface area contributed by atoms with Gasteiger partial charge in [-0.3, -0.25) is 0 Å². The molecule has 2 aromatic carbocycles. The maximum absolute atomic E-state index is 5.15. The summed E-state index contributed by atoms with van der Waals surface area (Å²) in [5.74, 6) is 1.83. The molecule has 0 bridgehead atoms. The number of para-hydroxylation sites is 2. The third-order valence-corrected chi connectivity index (χ3v) is 27.4. The Morgan fingerprint density at radius 3 is 1.31 bits per heavy atom. The molecule has 234 valence electrons. The van der Waals surface area contributed by atoms with E-state index in [-0.39, 0.29) is 17.1 Å². The Balaban J connectivity index is 0.00000145. The Bertz CT molecular complexity index is 1130. The summed E-state index contributed by atoms with van der Waals surface area (Å²) in [4.78, 5) is 5.15. The van der Waals surface area contributed by atoms with Crippen LogP contribution in [0.15, 0.2) is 53.2 Å². The predicted octanol–water partition coefficient (Wildman–Crippen LogP) is 11.7. The molecule has 4 radical (unpaired) electrons. The van der Waals surface area contributed by atoms with Crippen molar-refractivity contribution in [2.24, 2.45) is 4.99 Å². The van der Waals surface area contributed by atoms with Crippen LogP contribution in [-0.2, 0) is 0 Å². The van der Waals surface area contributed by atoms with Gasteiger partial charge in [0.15, 0.2) is 0 Å². The maximum atomic E-state index is 5.15. The Labute approximate surface area is 283 Å². The molecule has 0 heterocycles. The van der Waals surface area contributed by atoms with Crippen molar-refractivity contribution in [1.82, 2.24) is 0 Å². The Hall–Kier alpha value is -0.424. The quantitative estimate of drug-likeness (QED) is 0.134. The van der Waals surface area contributed by atoms with Crippen LogP contribution in [0.2, 0.25) is 39.3 Å². The fraction of sp³-hybridized carbons (Fsp3) is 0.571. The normalized spacial score (nSPS) is 13.0. The molecule has 0 aromatic heterocycles. The van der Waals surface area contributed by atoms with Crippen molar-refractivity contribution < 1.29 is 0 Å². The number of rotatable bonds is 10. The third-order valence-electron chi connectivity index (χ3n) is 6.72. The number of benzene rings is 2. The van der Waals surface area contributed by atoms with Crippen LogP contribution in [0.3, 0.4) is 0 Å². The van der Waals surface area contributed by atoms with Crippen molar-refractivity contribution in [1.29, 1.82) is 0 Å². The van der Waals surface area contributed by atoms with Gasteiger partial charge in [0.1, 0.15) is 0 Å². The van der Waals surface area contributed by atoms with E-state index in [0.29, 0.717) is 23.7 Å². The van der Waals surface area contributed by atoms with Crippen LogP contribution in [-0.4, -0.2) is 55.0 Å². The first-order chi connectivity index (χ1) is 18.7. The second-order valence-electron chi connectivity index (χ2n) is 14.7. The van der Waals surface area contributed by atoms with Gasteiger partial charge >= 0.3 is 206 Å². The molecule has 0 aliphatic heterocycles. The number of nitrogens with zero attached hydrogens (tertiary/aromatic N) is 2. The molecule has 0 N–H and O–H groups in total. The van der Waals surface area contributed by atoms with Gasteiger partial charge in [-0.2, -0.15) is 0 Å². The van der Waals surface area contributed by atoms with Crippen LogP contribution in [0, 0.1) is 0 Å². The summed E-state index contributed by atoms with van der Waals surface area (Å²) < 4.78 is 2.35. The van der Waals surface area contributed by atoms with Crippen LogP contribution in [0.4, 0.5) is 11.4 Å². The van der Waals surface area contributed by atoms with E-state index in [1.54, 1.807) is 0 Å². The van der Waals surface area contributed by atoms with E-state index in [4.69, 9.17) is 4.99 Å². The molecule has 2 rings (SSSR count). The molecule has 0 aliphatic carbocycles. The van der Waals surface area contributed by atoms with Crippen molar-refractivity contribution in [2.45, 2.75) is 132 Å². The summed E-state index contributed by atoms with van der Waals surface area (Å²) in [5.41, 5.74) is 10.2. The second kappa shape index (κ2) is 17.9. The number of anilines is 1. The molecule has 2 aromatic rings. The zero-order valence-corrected chi connectivity index (χ0v) is 36.5. The summed E-state index contributed by atoms with van der Waals surface area (Å²) in [7, 11) is -0.0775. The van der Waals surface area contributed by atoms with Crippen molar-refractivity contribution in [3.63, 3.8) is 0 Å². The van der Waals surface area contributed by atoms with Gasteiger partial charge in [0.25, 0.3) is 0 Å². The standard InChI is InChI=1S/C29H41GeN2.C6H19PSi2.Se/c1-18(2)24-13-11-14-25(19(3)4)28(24)31-22(9)17-23(10)32(30)29-26(20(5)6)15-12-16-27(29)21(7)8;1-8(2,3)7-9(4,5)6;/h11-21H,1-10H3;7H,1-6H3;/q;;-1/b23-17-,31-22?;;. The van der Waals surface area contributed by atoms with E-state index in [2.05, 4.69) is 172 Å². The summed E-state index contributed by atoms with van der Waals surface area (Å²) in [6.45, 7) is 37.3. The smallest absolute Gasteiger partial charge is 0.0646 e. The van der Waals surface area contributed by atoms with Crippen LogP contribution in [0.25, 0.3) is 0 Å². The SMILES string of the molecule is CC(/C=C(/C)[N]([Ge])c1c(C(C)C)cccc1C(C)C)=Nc1c(C(C)C)cccc1C(C)C.C[Si](C)(C)P[Si](C)(C)C.[Se-]. The average molecular weight is 748 g/mol. The minimum atomic E-state index is -0.703. The Morgan fingerprint density at radius 2 is 1.02 bits per heavy atom. The third kappa shape index (κ3) is 13.7. The largest absolute Gasteiger partial charge is 1.00 e. The minimum absolute atomic E-state index is 0. The molecule has 0 aliphatic rings.